The maximum atomic E-state index is 12.0. The molecule has 1 heterocycles. The van der Waals surface area contributed by atoms with E-state index >= 15 is 0 Å². The second-order valence-corrected chi connectivity index (χ2v) is 5.57. The number of benzene rings is 1. The average molecular weight is 325 g/mol. The minimum Gasteiger partial charge on any atom is -0.462 e. The van der Waals surface area contributed by atoms with Gasteiger partial charge in [-0.3, -0.25) is 4.79 Å². The largest absolute Gasteiger partial charge is 0.462 e. The molecule has 0 unspecified atom stereocenters. The molecule has 0 bridgehead atoms. The Morgan fingerprint density at radius 3 is 2.67 bits per heavy atom. The molecule has 124 valence electrons. The van der Waals surface area contributed by atoms with E-state index in [9.17, 15) is 9.59 Å². The molecular weight excluding hydrogens is 306 g/mol. The molecule has 1 aromatic carbocycles. The van der Waals surface area contributed by atoms with Gasteiger partial charge in [-0.1, -0.05) is 12.1 Å². The molecule has 3 rings (SSSR count). The Morgan fingerprint density at radius 2 is 2.00 bits per heavy atom. The predicted molar refractivity (Wildman–Crippen MR) is 90.4 cm³/mol. The molecule has 0 radical (unpaired) electrons. The van der Waals surface area contributed by atoms with Gasteiger partial charge >= 0.3 is 5.97 Å². The number of para-hydroxylation sites is 1. The standard InChI is InChI=1S/C18H19N3O3/c1-2-24-18(23)14-5-3-4-6-15(14)20-13-9-10-16(19-11-13)17(22)21-12-7-8-12/h3-6,9-12,20H,2,7-8H2,1H3,(H,21,22). The van der Waals surface area contributed by atoms with Crippen LogP contribution in [0.15, 0.2) is 42.6 Å². The number of carbonyl (C=O) groups excluding carboxylic acids is 2. The fourth-order valence-corrected chi connectivity index (χ4v) is 2.22. The van der Waals surface area contributed by atoms with Crippen molar-refractivity contribution in [2.45, 2.75) is 25.8 Å². The van der Waals surface area contributed by atoms with Crippen LogP contribution in [0.4, 0.5) is 11.4 Å². The summed E-state index contributed by atoms with van der Waals surface area (Å²) in [4.78, 5) is 28.1. The lowest BCUT2D eigenvalue weighted by Crippen LogP contribution is -2.26. The smallest absolute Gasteiger partial charge is 0.340 e. The van der Waals surface area contributed by atoms with Crippen molar-refractivity contribution in [3.05, 3.63) is 53.9 Å². The van der Waals surface area contributed by atoms with E-state index in [1.165, 1.54) is 0 Å². The molecular formula is C18H19N3O3. The molecule has 1 saturated carbocycles. The van der Waals surface area contributed by atoms with Crippen molar-refractivity contribution in [3.63, 3.8) is 0 Å². The monoisotopic (exact) mass is 325 g/mol. The van der Waals surface area contributed by atoms with Crippen LogP contribution in [0.3, 0.4) is 0 Å². The number of nitrogens with zero attached hydrogens (tertiary/aromatic N) is 1. The molecule has 2 N–H and O–H groups in total. The number of esters is 1. The van der Waals surface area contributed by atoms with Crippen LogP contribution in [0.25, 0.3) is 0 Å². The summed E-state index contributed by atoms with van der Waals surface area (Å²) < 4.78 is 5.05. The highest BCUT2D eigenvalue weighted by Crippen LogP contribution is 2.22. The van der Waals surface area contributed by atoms with E-state index in [4.69, 9.17) is 4.74 Å². The van der Waals surface area contributed by atoms with Crippen molar-refractivity contribution < 1.29 is 14.3 Å². The number of rotatable bonds is 6. The van der Waals surface area contributed by atoms with Crippen molar-refractivity contribution in [2.24, 2.45) is 0 Å². The predicted octanol–water partition coefficient (Wildman–Crippen LogP) is 2.89. The second kappa shape index (κ2) is 7.12. The van der Waals surface area contributed by atoms with E-state index < -0.39 is 0 Å². The van der Waals surface area contributed by atoms with Crippen LogP contribution in [-0.4, -0.2) is 29.5 Å². The number of amides is 1. The van der Waals surface area contributed by atoms with E-state index in [0.717, 1.165) is 12.8 Å². The zero-order valence-corrected chi connectivity index (χ0v) is 13.4. The summed E-state index contributed by atoms with van der Waals surface area (Å²) in [6, 6.07) is 10.8. The summed E-state index contributed by atoms with van der Waals surface area (Å²) in [5, 5.41) is 6.03. The first-order valence-corrected chi connectivity index (χ1v) is 7.97. The number of hydrogen-bond acceptors (Lipinski definition) is 5. The van der Waals surface area contributed by atoms with Gasteiger partial charge in [0, 0.05) is 6.04 Å². The van der Waals surface area contributed by atoms with E-state index in [1.807, 2.05) is 6.07 Å². The Bertz CT molecular complexity index is 739. The third kappa shape index (κ3) is 3.90. The normalized spacial score (nSPS) is 13.2. The molecule has 0 spiro atoms. The molecule has 6 heteroatoms. The van der Waals surface area contributed by atoms with Crippen molar-refractivity contribution in [1.29, 1.82) is 0 Å². The van der Waals surface area contributed by atoms with Crippen molar-refractivity contribution in [3.8, 4) is 0 Å². The van der Waals surface area contributed by atoms with Crippen molar-refractivity contribution in [2.75, 3.05) is 11.9 Å². The Kier molecular flexibility index (Phi) is 4.74. The Morgan fingerprint density at radius 1 is 1.21 bits per heavy atom. The summed E-state index contributed by atoms with van der Waals surface area (Å²) in [6.07, 6.45) is 3.65. The van der Waals surface area contributed by atoms with Gasteiger partial charge in [-0.2, -0.15) is 0 Å². The summed E-state index contributed by atoms with van der Waals surface area (Å²) in [5.41, 5.74) is 2.16. The van der Waals surface area contributed by atoms with Crippen molar-refractivity contribution >= 4 is 23.3 Å². The highest BCUT2D eigenvalue weighted by molar-refractivity contribution is 5.96. The van der Waals surface area contributed by atoms with E-state index in [0.29, 0.717) is 35.3 Å². The molecule has 0 saturated heterocycles. The molecule has 0 aliphatic heterocycles. The highest BCUT2D eigenvalue weighted by atomic mass is 16.5. The van der Waals surface area contributed by atoms with Gasteiger partial charge in [-0.25, -0.2) is 9.78 Å². The number of pyridine rings is 1. The molecule has 1 amide bonds. The summed E-state index contributed by atoms with van der Waals surface area (Å²) in [7, 11) is 0. The quantitative estimate of drug-likeness (QED) is 0.798. The van der Waals surface area contributed by atoms with Gasteiger partial charge < -0.3 is 15.4 Å². The van der Waals surface area contributed by atoms with Crippen LogP contribution >= 0.6 is 0 Å². The Hall–Kier alpha value is -2.89. The van der Waals surface area contributed by atoms with Crippen LogP contribution in [0.5, 0.6) is 0 Å². The average Bonchev–Trinajstić information content (AvgIpc) is 3.40. The highest BCUT2D eigenvalue weighted by Gasteiger charge is 2.24. The first-order chi connectivity index (χ1) is 11.7. The van der Waals surface area contributed by atoms with Crippen LogP contribution in [0.1, 0.15) is 40.6 Å². The zero-order valence-electron chi connectivity index (χ0n) is 13.4. The van der Waals surface area contributed by atoms with Crippen LogP contribution in [-0.2, 0) is 4.74 Å². The van der Waals surface area contributed by atoms with Crippen LogP contribution in [0, 0.1) is 0 Å². The molecule has 1 aliphatic carbocycles. The number of nitrogens with one attached hydrogen (secondary N) is 2. The second-order valence-electron chi connectivity index (χ2n) is 5.57. The number of anilines is 2. The van der Waals surface area contributed by atoms with Gasteiger partial charge in [0.05, 0.1) is 29.7 Å². The van der Waals surface area contributed by atoms with Crippen LogP contribution < -0.4 is 10.6 Å². The third-order valence-electron chi connectivity index (χ3n) is 3.61. The first kappa shape index (κ1) is 16.0. The van der Waals surface area contributed by atoms with E-state index in [2.05, 4.69) is 15.6 Å². The van der Waals surface area contributed by atoms with E-state index in [1.54, 1.807) is 43.5 Å². The summed E-state index contributed by atoms with van der Waals surface area (Å²) in [6.45, 7) is 2.09. The van der Waals surface area contributed by atoms with Gasteiger partial charge in [0.15, 0.2) is 0 Å². The van der Waals surface area contributed by atoms with E-state index in [-0.39, 0.29) is 11.9 Å². The molecule has 24 heavy (non-hydrogen) atoms. The molecule has 1 aromatic heterocycles. The third-order valence-corrected chi connectivity index (χ3v) is 3.61. The maximum Gasteiger partial charge on any atom is 0.340 e. The minimum absolute atomic E-state index is 0.157. The molecule has 1 fully saturated rings. The molecule has 1 aliphatic rings. The Labute approximate surface area is 140 Å². The SMILES string of the molecule is CCOC(=O)c1ccccc1Nc1ccc(C(=O)NC2CC2)nc1. The number of carbonyl (C=O) groups is 2. The zero-order chi connectivity index (χ0) is 16.9. The lowest BCUT2D eigenvalue weighted by molar-refractivity contribution is 0.0527. The number of ether oxygens (including phenoxy) is 1. The molecule has 0 atom stereocenters. The fraction of sp³-hybridized carbons (Fsp3) is 0.278. The molecule has 2 aromatic rings. The maximum absolute atomic E-state index is 12.0. The fourth-order valence-electron chi connectivity index (χ4n) is 2.22. The van der Waals surface area contributed by atoms with Gasteiger partial charge in [-0.05, 0) is 44.0 Å². The summed E-state index contributed by atoms with van der Waals surface area (Å²) >= 11 is 0. The number of aromatic nitrogens is 1. The first-order valence-electron chi connectivity index (χ1n) is 7.97. The topological polar surface area (TPSA) is 80.3 Å². The lowest BCUT2D eigenvalue weighted by atomic mass is 10.1. The molecule has 6 nitrogen and oxygen atoms in total. The van der Waals surface area contributed by atoms with Gasteiger partial charge in [-0.15, -0.1) is 0 Å². The minimum atomic E-state index is -0.381. The summed E-state index contributed by atoms with van der Waals surface area (Å²) in [5.74, 6) is -0.537. The van der Waals surface area contributed by atoms with Gasteiger partial charge in [0.1, 0.15) is 5.69 Å². The number of hydrogen-bond donors (Lipinski definition) is 2. The van der Waals surface area contributed by atoms with Crippen LogP contribution in [0.2, 0.25) is 0 Å². The lowest BCUT2D eigenvalue weighted by Gasteiger charge is -2.11. The van der Waals surface area contributed by atoms with Gasteiger partial charge in [0.25, 0.3) is 5.91 Å². The van der Waals surface area contributed by atoms with Crippen molar-refractivity contribution in [1.82, 2.24) is 10.3 Å². The Balaban J connectivity index is 1.72. The van der Waals surface area contributed by atoms with Gasteiger partial charge in [0.2, 0.25) is 0 Å².